The minimum atomic E-state index is -3.93. The predicted molar refractivity (Wildman–Crippen MR) is 180 cm³/mol. The fourth-order valence-corrected chi connectivity index (χ4v) is 8.50. The Bertz CT molecular complexity index is 1720. The maximum absolute atomic E-state index is 14.4. The molecule has 2 aliphatic carbocycles. The van der Waals surface area contributed by atoms with E-state index in [9.17, 15) is 41.9 Å². The zero-order valence-electron chi connectivity index (χ0n) is 28.8. The van der Waals surface area contributed by atoms with Crippen molar-refractivity contribution in [2.24, 2.45) is 11.8 Å². The van der Waals surface area contributed by atoms with Gasteiger partial charge in [0.05, 0.1) is 18.3 Å². The zero-order chi connectivity index (χ0) is 36.7. The SMILES string of the molecule is CC(C)C(O)C(=O)N[C@H]1CCCCC/C=C\[C@@H]2C[C@@]2(C(=O)NS(=O)(=O)C2CC2)NC(=O)[C@@H]2C[C@@H](OC(=O)N3Cc4cccc(F)c4C3)CN2C1=O. The molecule has 5 aliphatic rings. The van der Waals surface area contributed by atoms with Crippen molar-refractivity contribution in [1.29, 1.82) is 0 Å². The third-order valence-electron chi connectivity index (χ3n) is 10.5. The predicted octanol–water partition coefficient (Wildman–Crippen LogP) is 1.75. The summed E-state index contributed by atoms with van der Waals surface area (Å²) in [6, 6.07) is 2.22. The number of ether oxygens (including phenoxy) is 1. The fourth-order valence-electron chi connectivity index (χ4n) is 7.13. The van der Waals surface area contributed by atoms with Gasteiger partial charge in [0.1, 0.15) is 35.6 Å². The van der Waals surface area contributed by atoms with Crippen molar-refractivity contribution in [1.82, 2.24) is 25.2 Å². The molecule has 1 saturated heterocycles. The number of halogens is 1. The number of aliphatic hydroxyl groups is 1. The molecule has 1 aromatic carbocycles. The Labute approximate surface area is 296 Å². The molecule has 0 bridgehead atoms. The summed E-state index contributed by atoms with van der Waals surface area (Å²) in [4.78, 5) is 70.8. The second-order valence-electron chi connectivity index (χ2n) is 14.7. The molecule has 1 unspecified atom stereocenters. The van der Waals surface area contributed by atoms with Gasteiger partial charge in [0.2, 0.25) is 27.7 Å². The van der Waals surface area contributed by atoms with Crippen LogP contribution in [0.2, 0.25) is 0 Å². The van der Waals surface area contributed by atoms with Crippen molar-refractivity contribution in [3.8, 4) is 0 Å². The maximum atomic E-state index is 14.4. The number of carbonyl (C=O) groups is 5. The van der Waals surface area contributed by atoms with Gasteiger partial charge < -0.3 is 25.4 Å². The van der Waals surface area contributed by atoms with E-state index in [1.165, 1.54) is 15.9 Å². The smallest absolute Gasteiger partial charge is 0.410 e. The molecule has 16 heteroatoms. The highest BCUT2D eigenvalue weighted by Gasteiger charge is 2.62. The van der Waals surface area contributed by atoms with E-state index in [-0.39, 0.29) is 38.9 Å². The highest BCUT2D eigenvalue weighted by atomic mass is 32.2. The summed E-state index contributed by atoms with van der Waals surface area (Å²) in [5.41, 5.74) is -0.548. The van der Waals surface area contributed by atoms with E-state index in [1.807, 2.05) is 6.08 Å². The van der Waals surface area contributed by atoms with Gasteiger partial charge in [0.25, 0.3) is 5.91 Å². The van der Waals surface area contributed by atoms with Gasteiger partial charge >= 0.3 is 6.09 Å². The number of hydrogen-bond donors (Lipinski definition) is 4. The Morgan fingerprint density at radius 1 is 1.10 bits per heavy atom. The molecule has 5 amide bonds. The quantitative estimate of drug-likeness (QED) is 0.303. The van der Waals surface area contributed by atoms with Crippen LogP contribution in [0.25, 0.3) is 0 Å². The van der Waals surface area contributed by atoms with E-state index in [4.69, 9.17) is 4.74 Å². The van der Waals surface area contributed by atoms with Crippen LogP contribution in [0.1, 0.15) is 82.8 Å². The lowest BCUT2D eigenvalue weighted by Crippen LogP contribution is -2.58. The van der Waals surface area contributed by atoms with Gasteiger partial charge in [-0.05, 0) is 56.1 Å². The fraction of sp³-hybridized carbons (Fsp3) is 0.629. The number of benzene rings is 1. The van der Waals surface area contributed by atoms with E-state index < -0.39 is 92.5 Å². The summed E-state index contributed by atoms with van der Waals surface area (Å²) in [6.45, 7) is 3.22. The van der Waals surface area contributed by atoms with Crippen LogP contribution >= 0.6 is 0 Å². The van der Waals surface area contributed by atoms with Crippen molar-refractivity contribution < 1.29 is 46.6 Å². The first-order valence-electron chi connectivity index (χ1n) is 17.8. The summed E-state index contributed by atoms with van der Waals surface area (Å²) in [5.74, 6) is -4.30. The number of nitrogens with zero attached hydrogens (tertiary/aromatic N) is 2. The molecule has 14 nitrogen and oxygen atoms in total. The number of fused-ring (bicyclic) bond motifs is 3. The number of amides is 5. The van der Waals surface area contributed by atoms with Gasteiger partial charge in [-0.3, -0.25) is 28.8 Å². The third-order valence-corrected chi connectivity index (χ3v) is 12.3. The van der Waals surface area contributed by atoms with Crippen LogP contribution in [0.3, 0.4) is 0 Å². The Hall–Kier alpha value is -4.05. The molecule has 278 valence electrons. The van der Waals surface area contributed by atoms with Crippen molar-refractivity contribution in [3.63, 3.8) is 0 Å². The zero-order valence-corrected chi connectivity index (χ0v) is 29.6. The summed E-state index contributed by atoms with van der Waals surface area (Å²) in [7, 11) is -3.93. The third kappa shape index (κ3) is 7.91. The number of rotatable bonds is 7. The van der Waals surface area contributed by atoms with E-state index in [0.717, 1.165) is 6.42 Å². The molecule has 1 aromatic rings. The maximum Gasteiger partial charge on any atom is 0.410 e. The van der Waals surface area contributed by atoms with Crippen LogP contribution in [0.4, 0.5) is 9.18 Å². The molecule has 3 fully saturated rings. The van der Waals surface area contributed by atoms with Crippen LogP contribution in [0, 0.1) is 17.7 Å². The van der Waals surface area contributed by atoms with Crippen LogP contribution < -0.4 is 15.4 Å². The molecule has 4 N–H and O–H groups in total. The largest absolute Gasteiger partial charge is 0.444 e. The van der Waals surface area contributed by atoms with Gasteiger partial charge in [-0.2, -0.15) is 0 Å². The van der Waals surface area contributed by atoms with E-state index >= 15 is 0 Å². The number of carbonyl (C=O) groups excluding carboxylic acids is 5. The van der Waals surface area contributed by atoms with E-state index in [2.05, 4.69) is 15.4 Å². The van der Waals surface area contributed by atoms with Gasteiger partial charge in [-0.25, -0.2) is 17.6 Å². The topological polar surface area (TPSA) is 192 Å². The molecule has 0 aromatic heterocycles. The second kappa shape index (κ2) is 14.5. The first-order valence-corrected chi connectivity index (χ1v) is 19.3. The van der Waals surface area contributed by atoms with Gasteiger partial charge in [0, 0.05) is 24.4 Å². The summed E-state index contributed by atoms with van der Waals surface area (Å²) in [6.07, 6.45) is 4.33. The monoisotopic (exact) mass is 731 g/mol. The Kier molecular flexibility index (Phi) is 10.5. The van der Waals surface area contributed by atoms with Crippen LogP contribution in [-0.2, 0) is 47.0 Å². The molecule has 0 radical (unpaired) electrons. The van der Waals surface area contributed by atoms with Crippen LogP contribution in [0.5, 0.6) is 0 Å². The average molecular weight is 732 g/mol. The summed E-state index contributed by atoms with van der Waals surface area (Å²) >= 11 is 0. The van der Waals surface area contributed by atoms with Gasteiger partial charge in [-0.15, -0.1) is 0 Å². The molecule has 3 heterocycles. The molecule has 51 heavy (non-hydrogen) atoms. The Balaban J connectivity index is 1.25. The van der Waals surface area contributed by atoms with Crippen molar-refractivity contribution in [2.75, 3.05) is 6.54 Å². The second-order valence-corrected chi connectivity index (χ2v) is 16.7. The molecule has 3 aliphatic heterocycles. The molecular weight excluding hydrogens is 685 g/mol. The van der Waals surface area contributed by atoms with Crippen molar-refractivity contribution in [2.45, 2.75) is 120 Å². The van der Waals surface area contributed by atoms with Crippen molar-refractivity contribution >= 4 is 39.7 Å². The standard InChI is InChI=1S/C35H46FN5O9S/c1-20(2)29(42)31(44)37-27-12-7-5-3-4-6-10-22-16-35(22,33(46)39-51(48,49)24-13-14-24)38-30(43)28-15-23(18-41(28)32(27)45)50-34(47)40-17-21-9-8-11-26(36)25(21)19-40/h6,8-11,20,22-24,27-29,42H,3-5,7,12-19H2,1-2H3,(H,37,44)(H,38,43)(H,39,46)/b10-6-/t22-,23-,27+,28+,29?,35-/m1/s1. The molecule has 0 spiro atoms. The van der Waals surface area contributed by atoms with Gasteiger partial charge in [0.15, 0.2) is 0 Å². The molecule has 6 atom stereocenters. The Morgan fingerprint density at radius 3 is 2.57 bits per heavy atom. The minimum absolute atomic E-state index is 0.0112. The summed E-state index contributed by atoms with van der Waals surface area (Å²) < 4.78 is 47.8. The average Bonchev–Trinajstić information content (AvgIpc) is 3.96. The molecule has 2 saturated carbocycles. The molecule has 6 rings (SSSR count). The first-order chi connectivity index (χ1) is 24.2. The minimum Gasteiger partial charge on any atom is -0.444 e. The Morgan fingerprint density at radius 2 is 1.86 bits per heavy atom. The first kappa shape index (κ1) is 36.7. The molecular formula is C35H46FN5O9S. The lowest BCUT2D eigenvalue weighted by Gasteiger charge is -2.30. The van der Waals surface area contributed by atoms with E-state index in [1.54, 1.807) is 32.1 Å². The highest BCUT2D eigenvalue weighted by molar-refractivity contribution is 7.91. The van der Waals surface area contributed by atoms with E-state index in [0.29, 0.717) is 43.2 Å². The van der Waals surface area contributed by atoms with Crippen LogP contribution in [0.15, 0.2) is 30.4 Å². The van der Waals surface area contributed by atoms with Gasteiger partial charge in [-0.1, -0.05) is 51.0 Å². The highest BCUT2D eigenvalue weighted by Crippen LogP contribution is 2.46. The van der Waals surface area contributed by atoms with Crippen molar-refractivity contribution in [3.05, 3.63) is 47.3 Å². The number of hydrogen-bond acceptors (Lipinski definition) is 9. The van der Waals surface area contributed by atoms with Crippen LogP contribution in [-0.4, -0.2) is 94.7 Å². The summed E-state index contributed by atoms with van der Waals surface area (Å²) in [5, 5.41) is 15.2. The lowest BCUT2D eigenvalue weighted by molar-refractivity contribution is -0.144. The number of aliphatic hydroxyl groups excluding tert-OH is 1. The normalized spacial score (nSPS) is 29.4. The number of allylic oxidation sites excluding steroid dienone is 1. The number of nitrogens with one attached hydrogen (secondary N) is 3. The number of sulfonamides is 1. The lowest BCUT2D eigenvalue weighted by atomic mass is 10.0.